The van der Waals surface area contributed by atoms with Crippen LogP contribution in [0.1, 0.15) is 5.56 Å². The molecule has 1 aromatic heterocycles. The van der Waals surface area contributed by atoms with E-state index >= 15 is 0 Å². The number of halogens is 1. The molecular weight excluding hydrogens is 266 g/mol. The van der Waals surface area contributed by atoms with Crippen molar-refractivity contribution in [2.75, 3.05) is 6.61 Å². The van der Waals surface area contributed by atoms with E-state index in [0.717, 1.165) is 11.0 Å². The summed E-state index contributed by atoms with van der Waals surface area (Å²) in [6.07, 6.45) is 0.898. The molecule has 0 atom stereocenters. The highest BCUT2D eigenvalue weighted by Gasteiger charge is 1.96. The molecule has 2 rings (SSSR count). The normalized spacial score (nSPS) is 10.1. The first-order valence-electron chi connectivity index (χ1n) is 5.14. The van der Waals surface area contributed by atoms with E-state index in [2.05, 4.69) is 33.0 Å². The average molecular weight is 278 g/mol. The molecule has 16 heavy (non-hydrogen) atoms. The monoisotopic (exact) mass is 277 g/mol. The van der Waals surface area contributed by atoms with Crippen molar-refractivity contribution < 1.29 is 4.74 Å². The zero-order valence-electron chi connectivity index (χ0n) is 8.77. The Kier molecular flexibility index (Phi) is 3.94. The average Bonchev–Trinajstić information content (AvgIpc) is 2.30. The van der Waals surface area contributed by atoms with Gasteiger partial charge in [0.2, 0.25) is 5.88 Å². The van der Waals surface area contributed by atoms with Gasteiger partial charge >= 0.3 is 0 Å². The minimum Gasteiger partial charge on any atom is -0.477 e. The number of pyridine rings is 1. The minimum absolute atomic E-state index is 0.646. The molecule has 0 radical (unpaired) electrons. The van der Waals surface area contributed by atoms with E-state index in [-0.39, 0.29) is 0 Å². The van der Waals surface area contributed by atoms with Crippen molar-refractivity contribution in [2.45, 2.75) is 6.42 Å². The van der Waals surface area contributed by atoms with Gasteiger partial charge < -0.3 is 4.74 Å². The molecule has 0 fully saturated rings. The third-order valence-corrected chi connectivity index (χ3v) is 2.61. The van der Waals surface area contributed by atoms with Gasteiger partial charge in [0, 0.05) is 12.5 Å². The third-order valence-electron chi connectivity index (χ3n) is 2.17. The Balaban J connectivity index is 1.85. The van der Waals surface area contributed by atoms with Gasteiger partial charge in [-0.15, -0.1) is 0 Å². The molecule has 82 valence electrons. The summed E-state index contributed by atoms with van der Waals surface area (Å²) in [5.74, 6) is 0.658. The lowest BCUT2D eigenvalue weighted by molar-refractivity contribution is 0.309. The van der Waals surface area contributed by atoms with E-state index in [1.165, 1.54) is 5.56 Å². The molecule has 0 saturated heterocycles. The Morgan fingerprint density at radius 3 is 2.56 bits per heavy atom. The van der Waals surface area contributed by atoms with Gasteiger partial charge in [0.15, 0.2) is 0 Å². The van der Waals surface area contributed by atoms with Crippen LogP contribution in [0.4, 0.5) is 0 Å². The Morgan fingerprint density at radius 1 is 1.00 bits per heavy atom. The molecule has 0 N–H and O–H groups in total. The van der Waals surface area contributed by atoms with Crippen molar-refractivity contribution in [3.8, 4) is 5.88 Å². The quantitative estimate of drug-likeness (QED) is 0.799. The fourth-order valence-corrected chi connectivity index (χ4v) is 1.72. The predicted molar refractivity (Wildman–Crippen MR) is 67.6 cm³/mol. The van der Waals surface area contributed by atoms with Gasteiger partial charge in [0.25, 0.3) is 0 Å². The summed E-state index contributed by atoms with van der Waals surface area (Å²) in [6.45, 7) is 0.646. The third kappa shape index (κ3) is 3.35. The number of aromatic nitrogens is 1. The first kappa shape index (κ1) is 11.1. The molecule has 0 spiro atoms. The molecule has 0 amide bonds. The molecule has 0 aliphatic heterocycles. The lowest BCUT2D eigenvalue weighted by Gasteiger charge is -2.05. The molecule has 2 aromatic rings. The summed E-state index contributed by atoms with van der Waals surface area (Å²) in [7, 11) is 0. The largest absolute Gasteiger partial charge is 0.477 e. The van der Waals surface area contributed by atoms with E-state index in [1.807, 2.05) is 36.4 Å². The van der Waals surface area contributed by atoms with Crippen molar-refractivity contribution >= 4 is 15.9 Å². The second-order valence-corrected chi connectivity index (χ2v) is 4.20. The summed E-state index contributed by atoms with van der Waals surface area (Å²) in [5.41, 5.74) is 1.28. The Hall–Kier alpha value is -1.35. The summed E-state index contributed by atoms with van der Waals surface area (Å²) in [6, 6.07) is 15.9. The van der Waals surface area contributed by atoms with Crippen LogP contribution in [0, 0.1) is 0 Å². The summed E-state index contributed by atoms with van der Waals surface area (Å²) >= 11 is 3.31. The summed E-state index contributed by atoms with van der Waals surface area (Å²) in [5, 5.41) is 0. The maximum absolute atomic E-state index is 5.55. The van der Waals surface area contributed by atoms with E-state index in [0.29, 0.717) is 12.5 Å². The molecular formula is C13H12BrNO. The summed E-state index contributed by atoms with van der Waals surface area (Å²) < 4.78 is 6.35. The number of hydrogen-bond acceptors (Lipinski definition) is 2. The van der Waals surface area contributed by atoms with Crippen molar-refractivity contribution in [3.05, 3.63) is 58.7 Å². The molecule has 0 aliphatic carbocycles. The molecule has 0 aliphatic rings. The van der Waals surface area contributed by atoms with Crippen molar-refractivity contribution in [1.82, 2.24) is 4.98 Å². The van der Waals surface area contributed by atoms with E-state index in [9.17, 15) is 0 Å². The van der Waals surface area contributed by atoms with Crippen LogP contribution in [0.3, 0.4) is 0 Å². The fraction of sp³-hybridized carbons (Fsp3) is 0.154. The number of benzene rings is 1. The lowest BCUT2D eigenvalue weighted by atomic mass is 10.2. The zero-order valence-corrected chi connectivity index (χ0v) is 10.4. The maximum atomic E-state index is 5.55. The van der Waals surface area contributed by atoms with Crippen molar-refractivity contribution in [3.63, 3.8) is 0 Å². The van der Waals surface area contributed by atoms with Crippen LogP contribution in [0.25, 0.3) is 0 Å². The second-order valence-electron chi connectivity index (χ2n) is 3.38. The van der Waals surface area contributed by atoms with Crippen LogP contribution in [-0.2, 0) is 6.42 Å². The van der Waals surface area contributed by atoms with Crippen molar-refractivity contribution in [2.24, 2.45) is 0 Å². The molecule has 1 heterocycles. The highest BCUT2D eigenvalue weighted by molar-refractivity contribution is 9.10. The molecule has 2 nitrogen and oxygen atoms in total. The molecule has 0 unspecified atom stereocenters. The number of nitrogens with zero attached hydrogens (tertiary/aromatic N) is 1. The Labute approximate surface area is 103 Å². The second kappa shape index (κ2) is 5.66. The molecule has 1 aromatic carbocycles. The van der Waals surface area contributed by atoms with E-state index in [4.69, 9.17) is 4.74 Å². The summed E-state index contributed by atoms with van der Waals surface area (Å²) in [4.78, 5) is 4.20. The van der Waals surface area contributed by atoms with E-state index in [1.54, 1.807) is 0 Å². The van der Waals surface area contributed by atoms with Gasteiger partial charge in [-0.3, -0.25) is 0 Å². The highest BCUT2D eigenvalue weighted by atomic mass is 79.9. The number of rotatable bonds is 4. The SMILES string of the molecule is Brc1cccc(OCCc2ccccc2)n1. The first-order chi connectivity index (χ1) is 7.84. The van der Waals surface area contributed by atoms with Gasteiger partial charge in [-0.05, 0) is 27.6 Å². The Morgan fingerprint density at radius 2 is 1.81 bits per heavy atom. The van der Waals surface area contributed by atoms with Crippen LogP contribution >= 0.6 is 15.9 Å². The minimum atomic E-state index is 0.646. The number of hydrogen-bond donors (Lipinski definition) is 0. The van der Waals surface area contributed by atoms with E-state index < -0.39 is 0 Å². The Bertz CT molecular complexity index is 445. The molecule has 0 saturated carbocycles. The van der Waals surface area contributed by atoms with Crippen LogP contribution < -0.4 is 4.74 Å². The topological polar surface area (TPSA) is 22.1 Å². The highest BCUT2D eigenvalue weighted by Crippen LogP contribution is 2.12. The van der Waals surface area contributed by atoms with Crippen LogP contribution in [0.15, 0.2) is 53.1 Å². The van der Waals surface area contributed by atoms with Crippen LogP contribution in [-0.4, -0.2) is 11.6 Å². The van der Waals surface area contributed by atoms with Gasteiger partial charge in [0.05, 0.1) is 6.61 Å². The van der Waals surface area contributed by atoms with Crippen molar-refractivity contribution in [1.29, 1.82) is 0 Å². The lowest BCUT2D eigenvalue weighted by Crippen LogP contribution is -2.02. The standard InChI is InChI=1S/C13H12BrNO/c14-12-7-4-8-13(15-12)16-10-9-11-5-2-1-3-6-11/h1-8H,9-10H2. The smallest absolute Gasteiger partial charge is 0.214 e. The van der Waals surface area contributed by atoms with Gasteiger partial charge in [0.1, 0.15) is 4.60 Å². The van der Waals surface area contributed by atoms with Gasteiger partial charge in [-0.2, -0.15) is 0 Å². The molecule has 3 heteroatoms. The molecule has 0 bridgehead atoms. The fourth-order valence-electron chi connectivity index (χ4n) is 1.39. The van der Waals surface area contributed by atoms with Crippen LogP contribution in [0.2, 0.25) is 0 Å². The van der Waals surface area contributed by atoms with Gasteiger partial charge in [-0.1, -0.05) is 36.4 Å². The van der Waals surface area contributed by atoms with Crippen LogP contribution in [0.5, 0.6) is 5.88 Å². The first-order valence-corrected chi connectivity index (χ1v) is 5.93. The van der Waals surface area contributed by atoms with Gasteiger partial charge in [-0.25, -0.2) is 4.98 Å². The predicted octanol–water partition coefficient (Wildman–Crippen LogP) is 3.47. The zero-order chi connectivity index (χ0) is 11.2. The number of ether oxygens (including phenoxy) is 1. The maximum Gasteiger partial charge on any atom is 0.214 e.